The predicted octanol–water partition coefficient (Wildman–Crippen LogP) is 17.6. The molecule has 0 aliphatic carbocycles. The second kappa shape index (κ2) is 51.7. The number of unbranched alkanes of at least 4 members (excludes halogenated alkanes) is 29. The normalized spacial score (nSPS) is 12.5. The quantitative estimate of drug-likeness (QED) is 0.0199. The molecule has 63 heavy (non-hydrogen) atoms. The van der Waals surface area contributed by atoms with Crippen molar-refractivity contribution < 1.29 is 28.6 Å². The molecule has 0 radical (unpaired) electrons. The molecule has 364 valence electrons. The number of allylic oxidation sites excluding steroid dienone is 10. The lowest BCUT2D eigenvalue weighted by Crippen LogP contribution is -2.30. The molecule has 1 atom stereocenters. The highest BCUT2D eigenvalue weighted by Crippen LogP contribution is 2.14. The maximum absolute atomic E-state index is 12.8. The van der Waals surface area contributed by atoms with E-state index in [2.05, 4.69) is 81.5 Å². The Kier molecular flexibility index (Phi) is 49.4. The molecule has 0 aliphatic heterocycles. The van der Waals surface area contributed by atoms with Crippen molar-refractivity contribution >= 4 is 17.9 Å². The van der Waals surface area contributed by atoms with Gasteiger partial charge in [-0.3, -0.25) is 14.4 Å². The zero-order valence-electron chi connectivity index (χ0n) is 41.6. The second-order valence-corrected chi connectivity index (χ2v) is 17.8. The molecule has 0 aromatic rings. The van der Waals surface area contributed by atoms with Gasteiger partial charge in [0.05, 0.1) is 0 Å². The van der Waals surface area contributed by atoms with Crippen molar-refractivity contribution in [2.45, 2.75) is 271 Å². The van der Waals surface area contributed by atoms with E-state index < -0.39 is 6.10 Å². The average molecular weight is 881 g/mol. The Hall–Kier alpha value is -2.89. The fourth-order valence-corrected chi connectivity index (χ4v) is 7.49. The Labute approximate surface area is 390 Å². The molecule has 0 bridgehead atoms. The van der Waals surface area contributed by atoms with Crippen molar-refractivity contribution in [3.05, 3.63) is 60.8 Å². The minimum Gasteiger partial charge on any atom is -0.462 e. The maximum Gasteiger partial charge on any atom is 0.306 e. The van der Waals surface area contributed by atoms with Gasteiger partial charge in [-0.15, -0.1) is 0 Å². The van der Waals surface area contributed by atoms with Crippen LogP contribution in [0, 0.1) is 0 Å². The van der Waals surface area contributed by atoms with Crippen LogP contribution in [0.1, 0.15) is 265 Å². The molecule has 0 amide bonds. The zero-order chi connectivity index (χ0) is 45.8. The Morgan fingerprint density at radius 1 is 0.333 bits per heavy atom. The molecule has 0 fully saturated rings. The van der Waals surface area contributed by atoms with Crippen LogP contribution in [0.2, 0.25) is 0 Å². The minimum atomic E-state index is -0.793. The molecule has 0 rings (SSSR count). The van der Waals surface area contributed by atoms with Crippen molar-refractivity contribution in [2.24, 2.45) is 0 Å². The molecule has 0 heterocycles. The minimum absolute atomic E-state index is 0.0908. The zero-order valence-corrected chi connectivity index (χ0v) is 41.6. The fraction of sp³-hybridized carbons (Fsp3) is 0.772. The first-order chi connectivity index (χ1) is 31.0. The second-order valence-electron chi connectivity index (χ2n) is 17.8. The smallest absolute Gasteiger partial charge is 0.306 e. The SMILES string of the molecule is CC\C=C/C=C\C=C/CCCCCCCC(=O)OCC(COC(=O)CCCCCCC/C=C\CCCCCCCCCCC)OC(=O)CCCCC/C=C\CCCCCCCCC. The molecular formula is C57H100O6. The van der Waals surface area contributed by atoms with Crippen LogP contribution in [-0.4, -0.2) is 37.2 Å². The van der Waals surface area contributed by atoms with Gasteiger partial charge in [0, 0.05) is 19.3 Å². The number of carbonyl (C=O) groups is 3. The van der Waals surface area contributed by atoms with E-state index in [0.29, 0.717) is 19.3 Å². The lowest BCUT2D eigenvalue weighted by Gasteiger charge is -2.18. The molecule has 6 heteroatoms. The third-order valence-corrected chi connectivity index (χ3v) is 11.5. The van der Waals surface area contributed by atoms with Crippen LogP contribution < -0.4 is 0 Å². The summed E-state index contributed by atoms with van der Waals surface area (Å²) in [6.07, 6.45) is 63.5. The van der Waals surface area contributed by atoms with E-state index in [-0.39, 0.29) is 31.1 Å². The van der Waals surface area contributed by atoms with Gasteiger partial charge in [0.1, 0.15) is 13.2 Å². The van der Waals surface area contributed by atoms with Crippen molar-refractivity contribution in [2.75, 3.05) is 13.2 Å². The third-order valence-electron chi connectivity index (χ3n) is 11.5. The lowest BCUT2D eigenvalue weighted by atomic mass is 10.1. The first kappa shape index (κ1) is 60.1. The van der Waals surface area contributed by atoms with Crippen molar-refractivity contribution in [3.8, 4) is 0 Å². The number of carbonyl (C=O) groups excluding carboxylic acids is 3. The van der Waals surface area contributed by atoms with Crippen LogP contribution in [-0.2, 0) is 28.6 Å². The van der Waals surface area contributed by atoms with E-state index in [1.54, 1.807) is 0 Å². The van der Waals surface area contributed by atoms with E-state index in [9.17, 15) is 14.4 Å². The van der Waals surface area contributed by atoms with E-state index in [1.165, 1.54) is 122 Å². The number of hydrogen-bond acceptors (Lipinski definition) is 6. The van der Waals surface area contributed by atoms with Gasteiger partial charge in [0.2, 0.25) is 0 Å². The van der Waals surface area contributed by atoms with Crippen LogP contribution in [0.5, 0.6) is 0 Å². The molecular weight excluding hydrogens is 781 g/mol. The van der Waals surface area contributed by atoms with Crippen LogP contribution in [0.4, 0.5) is 0 Å². The summed E-state index contributed by atoms with van der Waals surface area (Å²) in [5, 5.41) is 0. The van der Waals surface area contributed by atoms with Crippen LogP contribution >= 0.6 is 0 Å². The summed E-state index contributed by atoms with van der Waals surface area (Å²) in [4.78, 5) is 38.0. The van der Waals surface area contributed by atoms with Crippen molar-refractivity contribution in [1.82, 2.24) is 0 Å². The Morgan fingerprint density at radius 2 is 0.635 bits per heavy atom. The first-order valence-corrected chi connectivity index (χ1v) is 26.8. The molecule has 0 spiro atoms. The number of esters is 3. The van der Waals surface area contributed by atoms with Gasteiger partial charge in [-0.25, -0.2) is 0 Å². The topological polar surface area (TPSA) is 78.9 Å². The lowest BCUT2D eigenvalue weighted by molar-refractivity contribution is -0.167. The summed E-state index contributed by atoms with van der Waals surface area (Å²) < 4.78 is 16.8. The highest BCUT2D eigenvalue weighted by molar-refractivity contribution is 5.71. The molecule has 0 aromatic heterocycles. The summed E-state index contributed by atoms with van der Waals surface area (Å²) in [5.74, 6) is -0.930. The van der Waals surface area contributed by atoms with Gasteiger partial charge < -0.3 is 14.2 Å². The summed E-state index contributed by atoms with van der Waals surface area (Å²) in [6.45, 7) is 6.48. The van der Waals surface area contributed by atoms with E-state index in [0.717, 1.165) is 103 Å². The van der Waals surface area contributed by atoms with Crippen LogP contribution in [0.15, 0.2) is 60.8 Å². The predicted molar refractivity (Wildman–Crippen MR) is 270 cm³/mol. The monoisotopic (exact) mass is 881 g/mol. The molecule has 0 aliphatic rings. The van der Waals surface area contributed by atoms with Crippen LogP contribution in [0.3, 0.4) is 0 Å². The van der Waals surface area contributed by atoms with E-state index in [1.807, 2.05) is 0 Å². The van der Waals surface area contributed by atoms with Gasteiger partial charge in [-0.2, -0.15) is 0 Å². The molecule has 0 saturated carbocycles. The fourth-order valence-electron chi connectivity index (χ4n) is 7.49. The summed E-state index contributed by atoms with van der Waals surface area (Å²) >= 11 is 0. The Balaban J connectivity index is 4.40. The van der Waals surface area contributed by atoms with E-state index >= 15 is 0 Å². The molecule has 1 unspecified atom stereocenters. The highest BCUT2D eigenvalue weighted by Gasteiger charge is 2.19. The number of ether oxygens (including phenoxy) is 3. The molecule has 0 saturated heterocycles. The van der Waals surface area contributed by atoms with Gasteiger partial charge in [0.15, 0.2) is 6.10 Å². The Bertz CT molecular complexity index is 1150. The third kappa shape index (κ3) is 50.0. The van der Waals surface area contributed by atoms with Crippen molar-refractivity contribution in [1.29, 1.82) is 0 Å². The molecule has 0 aromatic carbocycles. The van der Waals surface area contributed by atoms with Gasteiger partial charge in [0.25, 0.3) is 0 Å². The van der Waals surface area contributed by atoms with Gasteiger partial charge in [-0.05, 0) is 89.9 Å². The highest BCUT2D eigenvalue weighted by atomic mass is 16.6. The summed E-state index contributed by atoms with van der Waals surface area (Å²) in [7, 11) is 0. The van der Waals surface area contributed by atoms with Gasteiger partial charge >= 0.3 is 17.9 Å². The number of rotatable bonds is 48. The standard InChI is InChI=1S/C57H100O6/c1-4-7-10-13-16-19-22-25-27-28-29-30-33-35-38-41-44-47-50-56(59)62-53-54(52-61-55(58)49-46-43-40-37-34-31-24-21-18-15-12-9-6-3)63-57(60)51-48-45-42-39-36-32-26-23-20-17-14-11-8-5-2/h9,12,15,18,21,24,29-30,32,36,54H,4-8,10-11,13-14,16-17,19-20,22-23,25-28,31,33-35,37-53H2,1-3H3/b12-9-,18-15-,24-21-,30-29-,36-32-. The maximum atomic E-state index is 12.8. The summed E-state index contributed by atoms with van der Waals surface area (Å²) in [6, 6.07) is 0. The summed E-state index contributed by atoms with van der Waals surface area (Å²) in [5.41, 5.74) is 0. The van der Waals surface area contributed by atoms with Crippen LogP contribution in [0.25, 0.3) is 0 Å². The number of hydrogen-bond donors (Lipinski definition) is 0. The average Bonchev–Trinajstić information content (AvgIpc) is 3.28. The Morgan fingerprint density at radius 3 is 1.02 bits per heavy atom. The van der Waals surface area contributed by atoms with Crippen molar-refractivity contribution in [3.63, 3.8) is 0 Å². The first-order valence-electron chi connectivity index (χ1n) is 26.8. The van der Waals surface area contributed by atoms with E-state index in [4.69, 9.17) is 14.2 Å². The molecule has 6 nitrogen and oxygen atoms in total. The largest absolute Gasteiger partial charge is 0.462 e. The molecule has 0 N–H and O–H groups in total. The van der Waals surface area contributed by atoms with Gasteiger partial charge in [-0.1, -0.05) is 216 Å².